The number of halogens is 3. The van der Waals surface area contributed by atoms with Crippen LogP contribution in [0.1, 0.15) is 17.3 Å². The minimum atomic E-state index is -4.51. The number of alkyl halides is 3. The lowest BCUT2D eigenvalue weighted by atomic mass is 10.2. The first kappa shape index (κ1) is 21.3. The molecule has 0 saturated carbocycles. The van der Waals surface area contributed by atoms with Gasteiger partial charge in [0.25, 0.3) is 0 Å². The number of carbonyl (C=O) groups excluding carboxylic acids is 1. The van der Waals surface area contributed by atoms with E-state index < -0.39 is 18.7 Å². The van der Waals surface area contributed by atoms with Crippen LogP contribution in [0.4, 0.5) is 24.8 Å². The van der Waals surface area contributed by atoms with Crippen LogP contribution in [0.15, 0.2) is 67.1 Å². The number of benzene rings is 1. The topological polar surface area (TPSA) is 72.6 Å². The molecule has 164 valence electrons. The lowest BCUT2D eigenvalue weighted by molar-refractivity contribution is -0.118. The van der Waals surface area contributed by atoms with Crippen molar-refractivity contribution in [2.75, 3.05) is 18.1 Å². The van der Waals surface area contributed by atoms with Crippen molar-refractivity contribution < 1.29 is 22.7 Å². The zero-order valence-corrected chi connectivity index (χ0v) is 17.0. The van der Waals surface area contributed by atoms with Gasteiger partial charge in [-0.25, -0.2) is 19.7 Å². The largest absolute Gasteiger partial charge is 0.462 e. The second kappa shape index (κ2) is 8.66. The van der Waals surface area contributed by atoms with E-state index in [1.807, 2.05) is 18.2 Å². The number of nitrogens with zero attached hydrogens (tertiary/aromatic N) is 5. The van der Waals surface area contributed by atoms with Gasteiger partial charge in [0.2, 0.25) is 5.95 Å². The molecule has 4 rings (SSSR count). The number of carbonyl (C=O) groups is 1. The molecule has 7 nitrogen and oxygen atoms in total. The highest BCUT2D eigenvalue weighted by atomic mass is 19.4. The van der Waals surface area contributed by atoms with E-state index in [0.717, 1.165) is 4.90 Å². The molecule has 0 atom stereocenters. The SMILES string of the molecule is CCOC(=O)c1ccc(N(CC(F)(F)F)c2nccc(-c3cnc4ccccn34)n2)cc1. The maximum Gasteiger partial charge on any atom is 0.406 e. The average Bonchev–Trinajstić information content (AvgIpc) is 3.22. The number of fused-ring (bicyclic) bond motifs is 1. The Balaban J connectivity index is 1.73. The number of hydrogen-bond acceptors (Lipinski definition) is 6. The highest BCUT2D eigenvalue weighted by Gasteiger charge is 2.33. The number of hydrogen-bond donors (Lipinski definition) is 0. The van der Waals surface area contributed by atoms with Crippen molar-refractivity contribution in [3.8, 4) is 11.4 Å². The van der Waals surface area contributed by atoms with Gasteiger partial charge in [0.05, 0.1) is 29.8 Å². The summed E-state index contributed by atoms with van der Waals surface area (Å²) in [6.07, 6.45) is 0.281. The summed E-state index contributed by atoms with van der Waals surface area (Å²) in [6, 6.07) is 12.7. The summed E-state index contributed by atoms with van der Waals surface area (Å²) in [5.41, 5.74) is 2.15. The third kappa shape index (κ3) is 4.53. The summed E-state index contributed by atoms with van der Waals surface area (Å²) in [4.78, 5) is 25.5. The van der Waals surface area contributed by atoms with Crippen molar-refractivity contribution in [1.82, 2.24) is 19.4 Å². The van der Waals surface area contributed by atoms with E-state index in [9.17, 15) is 18.0 Å². The van der Waals surface area contributed by atoms with E-state index in [1.165, 1.54) is 30.5 Å². The molecule has 0 aliphatic rings. The van der Waals surface area contributed by atoms with Gasteiger partial charge in [-0.3, -0.25) is 4.40 Å². The number of rotatable bonds is 6. The Bertz CT molecular complexity index is 1240. The molecule has 0 aliphatic heterocycles. The third-order valence-electron chi connectivity index (χ3n) is 4.59. The Labute approximate surface area is 181 Å². The zero-order chi connectivity index (χ0) is 22.7. The van der Waals surface area contributed by atoms with E-state index >= 15 is 0 Å². The third-order valence-corrected chi connectivity index (χ3v) is 4.59. The maximum absolute atomic E-state index is 13.4. The molecule has 3 heterocycles. The fourth-order valence-corrected chi connectivity index (χ4v) is 3.19. The van der Waals surface area contributed by atoms with Crippen LogP contribution in [0.3, 0.4) is 0 Å². The first-order chi connectivity index (χ1) is 15.4. The number of pyridine rings is 1. The molecule has 10 heteroatoms. The normalized spacial score (nSPS) is 11.5. The number of ether oxygens (including phenoxy) is 1. The molecule has 0 radical (unpaired) electrons. The minimum Gasteiger partial charge on any atom is -0.462 e. The predicted octanol–water partition coefficient (Wildman–Crippen LogP) is 4.67. The van der Waals surface area contributed by atoms with Crippen molar-refractivity contribution in [1.29, 1.82) is 0 Å². The van der Waals surface area contributed by atoms with Gasteiger partial charge in [-0.05, 0) is 49.4 Å². The van der Waals surface area contributed by atoms with Gasteiger partial charge in [0.1, 0.15) is 12.2 Å². The zero-order valence-electron chi connectivity index (χ0n) is 17.0. The van der Waals surface area contributed by atoms with Gasteiger partial charge in [-0.2, -0.15) is 13.2 Å². The Morgan fingerprint density at radius 3 is 2.59 bits per heavy atom. The minimum absolute atomic E-state index is 0.130. The van der Waals surface area contributed by atoms with E-state index in [1.54, 1.807) is 29.8 Å². The van der Waals surface area contributed by atoms with Crippen molar-refractivity contribution >= 4 is 23.3 Å². The maximum atomic E-state index is 13.4. The van der Waals surface area contributed by atoms with E-state index in [-0.39, 0.29) is 23.8 Å². The van der Waals surface area contributed by atoms with Gasteiger partial charge in [-0.15, -0.1) is 0 Å². The molecule has 0 unspecified atom stereocenters. The summed E-state index contributed by atoms with van der Waals surface area (Å²) in [5, 5.41) is 0. The Hall–Kier alpha value is -3.95. The van der Waals surface area contributed by atoms with Crippen LogP contribution in [-0.4, -0.2) is 44.6 Å². The quantitative estimate of drug-likeness (QED) is 0.405. The molecule has 32 heavy (non-hydrogen) atoms. The fraction of sp³-hybridized carbons (Fsp3) is 0.182. The fourth-order valence-electron chi connectivity index (χ4n) is 3.19. The lowest BCUT2D eigenvalue weighted by Crippen LogP contribution is -2.31. The molecule has 1 aromatic carbocycles. The van der Waals surface area contributed by atoms with E-state index in [4.69, 9.17) is 4.74 Å². The summed E-state index contributed by atoms with van der Waals surface area (Å²) < 4.78 is 46.9. The van der Waals surface area contributed by atoms with Crippen molar-refractivity contribution in [2.45, 2.75) is 13.1 Å². The second-order valence-electron chi connectivity index (χ2n) is 6.78. The van der Waals surface area contributed by atoms with Gasteiger partial charge >= 0.3 is 12.1 Å². The van der Waals surface area contributed by atoms with Crippen molar-refractivity contribution in [2.24, 2.45) is 0 Å². The molecule has 3 aromatic heterocycles. The van der Waals surface area contributed by atoms with Gasteiger partial charge in [-0.1, -0.05) is 6.07 Å². The van der Waals surface area contributed by atoms with Gasteiger partial charge in [0.15, 0.2) is 0 Å². The molecule has 0 N–H and O–H groups in total. The van der Waals surface area contributed by atoms with Crippen LogP contribution >= 0.6 is 0 Å². The average molecular weight is 441 g/mol. The first-order valence-corrected chi connectivity index (χ1v) is 9.72. The van der Waals surface area contributed by atoms with Crippen LogP contribution < -0.4 is 4.90 Å². The molecule has 4 aromatic rings. The molecule has 0 spiro atoms. The summed E-state index contributed by atoms with van der Waals surface area (Å²) in [7, 11) is 0. The van der Waals surface area contributed by atoms with Crippen LogP contribution in [0.2, 0.25) is 0 Å². The summed E-state index contributed by atoms with van der Waals surface area (Å²) in [6.45, 7) is 0.568. The monoisotopic (exact) mass is 441 g/mol. The molecular weight excluding hydrogens is 423 g/mol. The Morgan fingerprint density at radius 1 is 1.09 bits per heavy atom. The predicted molar refractivity (Wildman–Crippen MR) is 112 cm³/mol. The highest BCUT2D eigenvalue weighted by molar-refractivity contribution is 5.90. The standard InChI is InChI=1S/C22H18F3N5O2/c1-2-32-20(31)15-6-8-16(9-7-15)30(14-22(23,24)25)21-26-11-10-17(28-21)18-13-27-19-5-3-4-12-29(18)19/h3-13H,2,14H2,1H3. The second-order valence-corrected chi connectivity index (χ2v) is 6.78. The molecule has 0 aliphatic carbocycles. The van der Waals surface area contributed by atoms with Crippen LogP contribution in [-0.2, 0) is 4.74 Å². The first-order valence-electron chi connectivity index (χ1n) is 9.72. The van der Waals surface area contributed by atoms with E-state index in [2.05, 4.69) is 15.0 Å². The molecule has 0 saturated heterocycles. The molecule has 0 bridgehead atoms. The van der Waals surface area contributed by atoms with Crippen LogP contribution in [0.25, 0.3) is 17.0 Å². The molecule has 0 fully saturated rings. The van der Waals surface area contributed by atoms with Crippen molar-refractivity contribution in [3.63, 3.8) is 0 Å². The number of anilines is 2. The molecular formula is C22H18F3N5O2. The van der Waals surface area contributed by atoms with E-state index in [0.29, 0.717) is 17.0 Å². The highest BCUT2D eigenvalue weighted by Crippen LogP contribution is 2.29. The number of imidazole rings is 1. The lowest BCUT2D eigenvalue weighted by Gasteiger charge is -2.24. The van der Waals surface area contributed by atoms with Gasteiger partial charge in [0, 0.05) is 18.1 Å². The summed E-state index contributed by atoms with van der Waals surface area (Å²) >= 11 is 0. The Kier molecular flexibility index (Phi) is 5.76. The Morgan fingerprint density at radius 2 is 1.88 bits per heavy atom. The van der Waals surface area contributed by atoms with Crippen LogP contribution in [0, 0.1) is 0 Å². The smallest absolute Gasteiger partial charge is 0.406 e. The van der Waals surface area contributed by atoms with Gasteiger partial charge < -0.3 is 9.64 Å². The molecule has 0 amide bonds. The summed E-state index contributed by atoms with van der Waals surface area (Å²) in [5.74, 6) is -0.679. The van der Waals surface area contributed by atoms with Crippen LogP contribution in [0.5, 0.6) is 0 Å². The number of aromatic nitrogens is 4. The van der Waals surface area contributed by atoms with Crippen molar-refractivity contribution in [3.05, 3.63) is 72.7 Å². The number of esters is 1.